The monoisotopic (exact) mass is 621 g/mol. The van der Waals surface area contributed by atoms with Crippen molar-refractivity contribution in [1.29, 1.82) is 0 Å². The van der Waals surface area contributed by atoms with Crippen LogP contribution in [0.2, 0.25) is 0 Å². The number of halogens is 1. The van der Waals surface area contributed by atoms with Crippen LogP contribution < -0.4 is 5.01 Å². The molecule has 0 atom stereocenters. The van der Waals surface area contributed by atoms with Crippen molar-refractivity contribution in [3.05, 3.63) is 116 Å². The second-order valence-electron chi connectivity index (χ2n) is 9.28. The summed E-state index contributed by atoms with van der Waals surface area (Å²) in [4.78, 5) is 29.1. The summed E-state index contributed by atoms with van der Waals surface area (Å²) in [6.45, 7) is 0.613. The molecule has 0 unspecified atom stereocenters. The van der Waals surface area contributed by atoms with Gasteiger partial charge in [0, 0.05) is 24.7 Å². The van der Waals surface area contributed by atoms with Gasteiger partial charge in [-0.1, -0.05) is 46.9 Å². The van der Waals surface area contributed by atoms with E-state index in [4.69, 9.17) is 0 Å². The number of hydrazone groups is 1. The fraction of sp³-hybridized carbons (Fsp3) is 0.107. The van der Waals surface area contributed by atoms with Gasteiger partial charge in [-0.05, 0) is 66.1 Å². The minimum absolute atomic E-state index is 0.0508. The molecule has 3 aromatic carbocycles. The number of amides is 1. The van der Waals surface area contributed by atoms with E-state index in [1.807, 2.05) is 24.3 Å². The number of sulfonamides is 1. The molecule has 0 saturated carbocycles. The Labute approximate surface area is 247 Å². The Balaban J connectivity index is 1.30. The normalized spacial score (nSPS) is 13.8. The zero-order valence-electron chi connectivity index (χ0n) is 21.6. The van der Waals surface area contributed by atoms with Crippen LogP contribution in [0.3, 0.4) is 0 Å². The van der Waals surface area contributed by atoms with Gasteiger partial charge >= 0.3 is 5.00 Å². The van der Waals surface area contributed by atoms with Crippen molar-refractivity contribution in [2.24, 2.45) is 5.10 Å². The maximum Gasteiger partial charge on any atom is 0.324 e. The number of rotatable bonds is 7. The van der Waals surface area contributed by atoms with Gasteiger partial charge < -0.3 is 0 Å². The average Bonchev–Trinajstić information content (AvgIpc) is 3.64. The fourth-order valence-electron chi connectivity index (χ4n) is 4.51. The Hall–Kier alpha value is -4.37. The Morgan fingerprint density at radius 1 is 1.05 bits per heavy atom. The molecule has 0 aliphatic carbocycles. The second-order valence-corrected chi connectivity index (χ2v) is 13.3. The molecule has 14 heteroatoms. The van der Waals surface area contributed by atoms with Crippen LogP contribution in [0.25, 0.3) is 10.2 Å². The van der Waals surface area contributed by atoms with Crippen molar-refractivity contribution in [2.45, 2.75) is 17.9 Å². The Morgan fingerprint density at radius 2 is 1.81 bits per heavy atom. The SMILES string of the molecule is O=C(c1ccc(S(=O)(=O)N2CCc3ccccc3C2)cc1)N(/N=C/c1ccc([N+](=O)[O-])s1)c1nc2ccc(F)cc2s1. The molecule has 10 nitrogen and oxygen atoms in total. The lowest BCUT2D eigenvalue weighted by molar-refractivity contribution is -0.380. The van der Waals surface area contributed by atoms with Crippen molar-refractivity contribution in [1.82, 2.24) is 9.29 Å². The molecule has 0 fully saturated rings. The average molecular weight is 622 g/mol. The van der Waals surface area contributed by atoms with Crippen LogP contribution in [0, 0.1) is 15.9 Å². The number of hydrogen-bond acceptors (Lipinski definition) is 9. The van der Waals surface area contributed by atoms with Crippen LogP contribution in [0.1, 0.15) is 26.4 Å². The number of hydrogen-bond donors (Lipinski definition) is 0. The van der Waals surface area contributed by atoms with E-state index in [0.717, 1.165) is 38.8 Å². The standard InChI is InChI=1S/C28H20FN5O5S3/c29-21-7-11-24-25(15-21)41-28(31-24)33(30-16-22-8-12-26(40-22)34(36)37)27(35)19-5-9-23(10-6-19)42(38,39)32-14-13-18-3-1-2-4-20(18)17-32/h1-12,15-16H,13-14,17H2/b30-16+. The maximum atomic E-state index is 13.8. The molecule has 2 aromatic heterocycles. The van der Waals surface area contributed by atoms with Gasteiger partial charge in [0.15, 0.2) is 0 Å². The van der Waals surface area contributed by atoms with Crippen LogP contribution in [0.5, 0.6) is 0 Å². The molecule has 6 rings (SSSR count). The number of benzene rings is 3. The van der Waals surface area contributed by atoms with Gasteiger partial charge in [-0.3, -0.25) is 14.9 Å². The van der Waals surface area contributed by atoms with E-state index in [9.17, 15) is 27.7 Å². The molecule has 0 bridgehead atoms. The third-order valence-electron chi connectivity index (χ3n) is 6.64. The Morgan fingerprint density at radius 3 is 2.55 bits per heavy atom. The summed E-state index contributed by atoms with van der Waals surface area (Å²) in [6, 6.07) is 20.1. The summed E-state index contributed by atoms with van der Waals surface area (Å²) in [7, 11) is -3.81. The molecule has 0 N–H and O–H groups in total. The highest BCUT2D eigenvalue weighted by Crippen LogP contribution is 2.32. The molecule has 212 valence electrons. The van der Waals surface area contributed by atoms with Gasteiger partial charge in [-0.25, -0.2) is 17.8 Å². The molecule has 1 aliphatic rings. The number of aromatic nitrogens is 1. The number of thiophene rings is 1. The minimum Gasteiger partial charge on any atom is -0.267 e. The fourth-order valence-corrected chi connectivity index (χ4v) is 7.56. The lowest BCUT2D eigenvalue weighted by atomic mass is 10.0. The van der Waals surface area contributed by atoms with E-state index >= 15 is 0 Å². The zero-order valence-corrected chi connectivity index (χ0v) is 24.0. The summed E-state index contributed by atoms with van der Waals surface area (Å²) < 4.78 is 42.5. The van der Waals surface area contributed by atoms with Crippen LogP contribution in [-0.4, -0.2) is 41.3 Å². The Bertz CT molecular complexity index is 1970. The zero-order chi connectivity index (χ0) is 29.4. The van der Waals surface area contributed by atoms with E-state index in [-0.39, 0.29) is 27.1 Å². The Kier molecular flexibility index (Phi) is 7.36. The van der Waals surface area contributed by atoms with Crippen molar-refractivity contribution >= 4 is 65.2 Å². The van der Waals surface area contributed by atoms with Gasteiger partial charge in [0.1, 0.15) is 5.82 Å². The molecular formula is C28H20FN5O5S3. The highest BCUT2D eigenvalue weighted by atomic mass is 32.2. The van der Waals surface area contributed by atoms with Crippen LogP contribution in [0.15, 0.2) is 88.9 Å². The summed E-state index contributed by atoms with van der Waals surface area (Å²) in [5.74, 6) is -1.08. The first-order chi connectivity index (χ1) is 20.2. The number of carbonyl (C=O) groups is 1. The maximum absolute atomic E-state index is 13.8. The molecule has 1 aliphatic heterocycles. The van der Waals surface area contributed by atoms with E-state index < -0.39 is 26.7 Å². The first-order valence-electron chi connectivity index (χ1n) is 12.5. The number of nitro groups is 1. The van der Waals surface area contributed by atoms with Gasteiger partial charge in [0.05, 0.1) is 31.1 Å². The van der Waals surface area contributed by atoms with E-state index in [2.05, 4.69) is 10.1 Å². The van der Waals surface area contributed by atoms with Crippen molar-refractivity contribution in [3.63, 3.8) is 0 Å². The molecule has 1 amide bonds. The van der Waals surface area contributed by atoms with Crippen LogP contribution in [0.4, 0.5) is 14.5 Å². The molecule has 3 heterocycles. The lowest BCUT2D eigenvalue weighted by Crippen LogP contribution is -2.36. The van der Waals surface area contributed by atoms with E-state index in [0.29, 0.717) is 28.1 Å². The molecule has 0 spiro atoms. The third-order valence-corrected chi connectivity index (χ3v) is 10.5. The number of nitrogens with zero attached hydrogens (tertiary/aromatic N) is 5. The molecule has 5 aromatic rings. The summed E-state index contributed by atoms with van der Waals surface area (Å²) in [5.41, 5.74) is 2.68. The van der Waals surface area contributed by atoms with E-state index in [1.54, 1.807) is 0 Å². The van der Waals surface area contributed by atoms with Crippen LogP contribution >= 0.6 is 22.7 Å². The summed E-state index contributed by atoms with van der Waals surface area (Å²) in [5, 5.41) is 16.4. The number of anilines is 1. The smallest absolute Gasteiger partial charge is 0.267 e. The van der Waals surface area contributed by atoms with Crippen molar-refractivity contribution in [3.8, 4) is 0 Å². The van der Waals surface area contributed by atoms with Gasteiger partial charge in [-0.2, -0.15) is 14.4 Å². The number of fused-ring (bicyclic) bond motifs is 2. The summed E-state index contributed by atoms with van der Waals surface area (Å²) >= 11 is 1.92. The second kappa shape index (κ2) is 11.1. The van der Waals surface area contributed by atoms with Gasteiger partial charge in [-0.15, -0.1) is 0 Å². The molecule has 0 radical (unpaired) electrons. The summed E-state index contributed by atoms with van der Waals surface area (Å²) in [6.07, 6.45) is 1.91. The predicted octanol–water partition coefficient (Wildman–Crippen LogP) is 5.83. The van der Waals surface area contributed by atoms with Gasteiger partial charge in [0.25, 0.3) is 5.91 Å². The largest absolute Gasteiger partial charge is 0.324 e. The lowest BCUT2D eigenvalue weighted by Gasteiger charge is -2.28. The first-order valence-corrected chi connectivity index (χ1v) is 15.6. The molecule has 0 saturated heterocycles. The first kappa shape index (κ1) is 27.8. The topological polar surface area (TPSA) is 126 Å². The van der Waals surface area contributed by atoms with E-state index in [1.165, 1.54) is 65.1 Å². The van der Waals surface area contributed by atoms with Crippen molar-refractivity contribution in [2.75, 3.05) is 11.6 Å². The number of carbonyl (C=O) groups excluding carboxylic acids is 1. The minimum atomic E-state index is -3.81. The van der Waals surface area contributed by atoms with Crippen molar-refractivity contribution < 1.29 is 22.5 Å². The van der Waals surface area contributed by atoms with Crippen LogP contribution in [-0.2, 0) is 23.0 Å². The van der Waals surface area contributed by atoms with Gasteiger partial charge in [0.2, 0.25) is 15.2 Å². The molecule has 42 heavy (non-hydrogen) atoms. The number of thiazole rings is 1. The highest BCUT2D eigenvalue weighted by molar-refractivity contribution is 7.89. The predicted molar refractivity (Wildman–Crippen MR) is 159 cm³/mol. The third kappa shape index (κ3) is 5.44. The quantitative estimate of drug-likeness (QED) is 0.128. The molecular weight excluding hydrogens is 602 g/mol. The highest BCUT2D eigenvalue weighted by Gasteiger charge is 2.29.